The van der Waals surface area contributed by atoms with Crippen LogP contribution in [0.4, 0.5) is 4.79 Å². The zero-order chi connectivity index (χ0) is 21.1. The predicted octanol–water partition coefficient (Wildman–Crippen LogP) is 4.76. The van der Waals surface area contributed by atoms with E-state index in [9.17, 15) is 13.9 Å². The number of amides is 1. The van der Waals surface area contributed by atoms with Crippen molar-refractivity contribution in [2.75, 3.05) is 33.0 Å². The van der Waals surface area contributed by atoms with Crippen LogP contribution >= 0.6 is 15.2 Å². The van der Waals surface area contributed by atoms with Crippen molar-refractivity contribution in [2.45, 2.75) is 65.9 Å². The summed E-state index contributed by atoms with van der Waals surface area (Å²) in [6.07, 6.45) is -0.625. The van der Waals surface area contributed by atoms with Gasteiger partial charge < -0.3 is 28.1 Å². The maximum absolute atomic E-state index is 13.3. The number of carbonyl (C=O) groups is 1. The summed E-state index contributed by atoms with van der Waals surface area (Å²) in [4.78, 5) is 11.8. The molecule has 0 atom stereocenters. The van der Waals surface area contributed by atoms with Crippen LogP contribution in [0, 0.1) is 0 Å². The van der Waals surface area contributed by atoms with E-state index in [0.717, 1.165) is 0 Å². The lowest BCUT2D eigenvalue weighted by Gasteiger charge is -2.31. The zero-order valence-corrected chi connectivity index (χ0v) is 19.3. The van der Waals surface area contributed by atoms with Crippen LogP contribution in [-0.2, 0) is 32.0 Å². The number of ether oxygens (including phenoxy) is 1. The second kappa shape index (κ2) is 12.2. The highest BCUT2D eigenvalue weighted by molar-refractivity contribution is 7.72. The third-order valence-electron chi connectivity index (χ3n) is 3.04. The van der Waals surface area contributed by atoms with E-state index in [1.165, 1.54) is 0 Å². The molecule has 0 fully saturated rings. The summed E-state index contributed by atoms with van der Waals surface area (Å²) in [5.74, 6) is 0. The van der Waals surface area contributed by atoms with Gasteiger partial charge in [0.15, 0.2) is 5.40 Å². The first-order chi connectivity index (χ1) is 12.5. The van der Waals surface area contributed by atoms with Crippen LogP contribution < -0.4 is 5.32 Å². The number of alkyl carbamates (subject to hydrolysis) is 1. The van der Waals surface area contributed by atoms with Gasteiger partial charge in [0.1, 0.15) is 5.60 Å². The summed E-state index contributed by atoms with van der Waals surface area (Å²) in [6.45, 7) is 12.3. The predicted molar refractivity (Wildman–Crippen MR) is 104 cm³/mol. The molecule has 0 aromatic rings. The topological polar surface area (TPSA) is 109 Å². The molecule has 1 N–H and O–H groups in total. The van der Waals surface area contributed by atoms with Gasteiger partial charge in [-0.3, -0.25) is 9.13 Å². The first-order valence-corrected chi connectivity index (χ1v) is 12.4. The van der Waals surface area contributed by atoms with E-state index in [4.69, 9.17) is 22.8 Å². The number of nitrogens with one attached hydrogen (secondary N) is 1. The van der Waals surface area contributed by atoms with E-state index in [1.807, 2.05) is 0 Å². The molecule has 0 aromatic carbocycles. The van der Waals surface area contributed by atoms with Gasteiger partial charge in [-0.25, -0.2) is 4.79 Å². The molecule has 0 aliphatic carbocycles. The molecule has 0 aromatic heterocycles. The molecule has 0 saturated carbocycles. The molecule has 27 heavy (non-hydrogen) atoms. The molecular weight excluding hydrogens is 396 g/mol. The zero-order valence-electron chi connectivity index (χ0n) is 17.5. The summed E-state index contributed by atoms with van der Waals surface area (Å²) in [5.41, 5.74) is -0.651. The Morgan fingerprint density at radius 1 is 0.852 bits per heavy atom. The summed E-state index contributed by atoms with van der Waals surface area (Å²) in [7, 11) is -7.63. The van der Waals surface area contributed by atoms with Crippen molar-refractivity contribution >= 4 is 21.3 Å². The van der Waals surface area contributed by atoms with Crippen LogP contribution in [0.3, 0.4) is 0 Å². The van der Waals surface area contributed by atoms with Crippen molar-refractivity contribution in [2.24, 2.45) is 0 Å². The highest BCUT2D eigenvalue weighted by Gasteiger charge is 2.50. The average molecular weight is 431 g/mol. The Morgan fingerprint density at radius 3 is 1.52 bits per heavy atom. The summed E-state index contributed by atoms with van der Waals surface area (Å²) >= 11 is 0. The van der Waals surface area contributed by atoms with Crippen LogP contribution in [0.25, 0.3) is 0 Å². The molecule has 0 bridgehead atoms. The number of rotatable bonds is 13. The molecule has 0 spiro atoms. The Morgan fingerprint density at radius 2 is 1.22 bits per heavy atom. The standard InChI is InChI=1S/C16H35NO8P2/c1-8-21-26(19,22-9-2)14(27(20,23-10-3)24-11-4)12-13-17-15(18)25-16(5,6)7/h14H,8-13H2,1-7H3,(H,17,18). The minimum atomic E-state index is -3.82. The van der Waals surface area contributed by atoms with E-state index >= 15 is 0 Å². The largest absolute Gasteiger partial charge is 0.444 e. The molecule has 0 unspecified atom stereocenters. The van der Waals surface area contributed by atoms with E-state index in [2.05, 4.69) is 5.32 Å². The molecule has 0 saturated heterocycles. The highest BCUT2D eigenvalue weighted by Crippen LogP contribution is 2.71. The second-order valence-corrected chi connectivity index (χ2v) is 11.3. The fourth-order valence-corrected chi connectivity index (χ4v) is 7.60. The van der Waals surface area contributed by atoms with Gasteiger partial charge in [-0.15, -0.1) is 0 Å². The minimum Gasteiger partial charge on any atom is -0.444 e. The van der Waals surface area contributed by atoms with E-state index in [0.29, 0.717) is 0 Å². The van der Waals surface area contributed by atoms with Gasteiger partial charge in [-0.2, -0.15) is 0 Å². The minimum absolute atomic E-state index is 0.00774. The van der Waals surface area contributed by atoms with Crippen molar-refractivity contribution in [1.82, 2.24) is 5.32 Å². The van der Waals surface area contributed by atoms with Crippen LogP contribution in [0.15, 0.2) is 0 Å². The lowest BCUT2D eigenvalue weighted by atomic mass is 10.2. The lowest BCUT2D eigenvalue weighted by molar-refractivity contribution is 0.0526. The molecule has 0 rings (SSSR count). The normalized spacial score (nSPS) is 13.0. The Hall–Kier alpha value is -0.430. The summed E-state index contributed by atoms with van der Waals surface area (Å²) < 4.78 is 53.2. The lowest BCUT2D eigenvalue weighted by Crippen LogP contribution is -2.34. The van der Waals surface area contributed by atoms with Gasteiger partial charge >= 0.3 is 21.3 Å². The van der Waals surface area contributed by atoms with Crippen molar-refractivity contribution < 1.29 is 36.8 Å². The molecule has 0 heterocycles. The molecule has 1 amide bonds. The molecule has 0 aliphatic heterocycles. The molecular formula is C16H35NO8P2. The van der Waals surface area contributed by atoms with Gasteiger partial charge in [0, 0.05) is 6.54 Å². The third-order valence-corrected chi connectivity index (χ3v) is 9.18. The van der Waals surface area contributed by atoms with Gasteiger partial charge in [-0.1, -0.05) is 0 Å². The number of hydrogen-bond acceptors (Lipinski definition) is 8. The fourth-order valence-electron chi connectivity index (χ4n) is 2.25. The third kappa shape index (κ3) is 9.55. The number of hydrogen-bond donors (Lipinski definition) is 1. The Balaban J connectivity index is 5.49. The molecule has 0 radical (unpaired) electrons. The van der Waals surface area contributed by atoms with Gasteiger partial charge in [0.25, 0.3) is 0 Å². The quantitative estimate of drug-likeness (QED) is 0.416. The molecule has 9 nitrogen and oxygen atoms in total. The van der Waals surface area contributed by atoms with Gasteiger partial charge in [0.2, 0.25) is 0 Å². The Bertz CT molecular complexity index is 485. The van der Waals surface area contributed by atoms with Crippen molar-refractivity contribution in [3.05, 3.63) is 0 Å². The van der Waals surface area contributed by atoms with E-state index in [-0.39, 0.29) is 39.4 Å². The average Bonchev–Trinajstić information content (AvgIpc) is 2.50. The molecule has 162 valence electrons. The maximum atomic E-state index is 13.3. The van der Waals surface area contributed by atoms with Crippen LogP contribution in [0.1, 0.15) is 54.9 Å². The molecule has 11 heteroatoms. The van der Waals surface area contributed by atoms with Crippen molar-refractivity contribution in [1.29, 1.82) is 0 Å². The van der Waals surface area contributed by atoms with Crippen LogP contribution in [0.2, 0.25) is 0 Å². The molecule has 0 aliphatic rings. The Labute approximate surface area is 162 Å². The smallest absolute Gasteiger partial charge is 0.407 e. The number of carbonyl (C=O) groups excluding carboxylic acids is 1. The first-order valence-electron chi connectivity index (χ1n) is 9.22. The summed E-state index contributed by atoms with van der Waals surface area (Å²) in [6, 6.07) is 0. The van der Waals surface area contributed by atoms with E-state index in [1.54, 1.807) is 48.5 Å². The van der Waals surface area contributed by atoms with Gasteiger partial charge in [-0.05, 0) is 54.9 Å². The second-order valence-electron chi connectivity index (χ2n) is 6.45. The fraction of sp³-hybridized carbons (Fsp3) is 0.938. The first kappa shape index (κ1) is 26.6. The van der Waals surface area contributed by atoms with Gasteiger partial charge in [0.05, 0.1) is 26.4 Å². The monoisotopic (exact) mass is 431 g/mol. The highest BCUT2D eigenvalue weighted by atomic mass is 31.2. The van der Waals surface area contributed by atoms with E-state index < -0.39 is 32.3 Å². The van der Waals surface area contributed by atoms with Crippen LogP contribution in [-0.4, -0.2) is 50.1 Å². The van der Waals surface area contributed by atoms with Crippen molar-refractivity contribution in [3.63, 3.8) is 0 Å². The van der Waals surface area contributed by atoms with Crippen molar-refractivity contribution in [3.8, 4) is 0 Å². The van der Waals surface area contributed by atoms with Crippen LogP contribution in [0.5, 0.6) is 0 Å². The summed E-state index contributed by atoms with van der Waals surface area (Å²) in [5, 5.41) is 1.39. The Kier molecular flexibility index (Phi) is 12.0. The maximum Gasteiger partial charge on any atom is 0.407 e. The SMILES string of the molecule is CCOP(=O)(OCC)C(CCNC(=O)OC(C)(C)C)P(=O)(OCC)OCC.